The van der Waals surface area contributed by atoms with Crippen molar-refractivity contribution in [2.75, 3.05) is 0 Å². The van der Waals surface area contributed by atoms with E-state index in [0.717, 1.165) is 5.69 Å². The largest absolute Gasteiger partial charge is 0.309 e. The fourth-order valence-electron chi connectivity index (χ4n) is 9.22. The third-order valence-electron chi connectivity index (χ3n) is 11.7. The summed E-state index contributed by atoms with van der Waals surface area (Å²) >= 11 is 0. The molecule has 0 amide bonds. The SMILES string of the molecule is CC1(C)c2ccccc2-c2cc3c4ccccc4n(-c4ccc(-c5ccccc5)c(-c5ccc6c(c5)c5ccccc5n6-c5ccccc5)c4)c3cc21. The molecule has 0 saturated carbocycles. The molecular formula is C51H36N2. The van der Waals surface area contributed by atoms with Crippen LogP contribution in [-0.2, 0) is 5.41 Å². The van der Waals surface area contributed by atoms with E-state index in [9.17, 15) is 0 Å². The van der Waals surface area contributed by atoms with Gasteiger partial charge >= 0.3 is 0 Å². The molecule has 11 rings (SSSR count). The molecule has 8 aromatic carbocycles. The van der Waals surface area contributed by atoms with E-state index < -0.39 is 0 Å². The lowest BCUT2D eigenvalue weighted by Crippen LogP contribution is -2.14. The maximum Gasteiger partial charge on any atom is 0.0544 e. The third-order valence-corrected chi connectivity index (χ3v) is 11.7. The van der Waals surface area contributed by atoms with Crippen LogP contribution in [0.2, 0.25) is 0 Å². The number of hydrogen-bond donors (Lipinski definition) is 0. The van der Waals surface area contributed by atoms with Crippen LogP contribution in [0.5, 0.6) is 0 Å². The number of aromatic nitrogens is 2. The Balaban J connectivity index is 1.18. The van der Waals surface area contributed by atoms with Gasteiger partial charge in [0.05, 0.1) is 22.1 Å². The Morgan fingerprint density at radius 1 is 0.321 bits per heavy atom. The monoisotopic (exact) mass is 676 g/mol. The molecule has 0 radical (unpaired) electrons. The van der Waals surface area contributed by atoms with Gasteiger partial charge in [0, 0.05) is 38.3 Å². The van der Waals surface area contributed by atoms with Crippen LogP contribution in [0.15, 0.2) is 182 Å². The van der Waals surface area contributed by atoms with Gasteiger partial charge < -0.3 is 9.13 Å². The summed E-state index contributed by atoms with van der Waals surface area (Å²) in [5.74, 6) is 0. The molecule has 2 heterocycles. The van der Waals surface area contributed by atoms with E-state index in [0.29, 0.717) is 0 Å². The second kappa shape index (κ2) is 11.2. The molecule has 0 N–H and O–H groups in total. The predicted molar refractivity (Wildman–Crippen MR) is 224 cm³/mol. The highest BCUT2D eigenvalue weighted by atomic mass is 15.0. The zero-order valence-electron chi connectivity index (χ0n) is 29.7. The van der Waals surface area contributed by atoms with E-state index in [4.69, 9.17) is 0 Å². The van der Waals surface area contributed by atoms with Gasteiger partial charge in [-0.25, -0.2) is 0 Å². The smallest absolute Gasteiger partial charge is 0.0544 e. The summed E-state index contributed by atoms with van der Waals surface area (Å²) in [7, 11) is 0. The molecule has 53 heavy (non-hydrogen) atoms. The molecule has 0 atom stereocenters. The first-order valence-electron chi connectivity index (χ1n) is 18.5. The highest BCUT2D eigenvalue weighted by Gasteiger charge is 2.36. The fraction of sp³-hybridized carbons (Fsp3) is 0.0588. The second-order valence-corrected chi connectivity index (χ2v) is 15.0. The van der Waals surface area contributed by atoms with E-state index in [-0.39, 0.29) is 5.41 Å². The molecule has 1 aliphatic carbocycles. The molecule has 0 aliphatic heterocycles. The van der Waals surface area contributed by atoms with Gasteiger partial charge in [-0.15, -0.1) is 0 Å². The van der Waals surface area contributed by atoms with Crippen molar-refractivity contribution in [3.05, 3.63) is 193 Å². The first kappa shape index (κ1) is 30.0. The van der Waals surface area contributed by atoms with Gasteiger partial charge in [-0.2, -0.15) is 0 Å². The Kier molecular flexibility index (Phi) is 6.33. The number of hydrogen-bond acceptors (Lipinski definition) is 0. The first-order valence-corrected chi connectivity index (χ1v) is 18.5. The molecule has 10 aromatic rings. The number of para-hydroxylation sites is 3. The standard InChI is InChI=1S/C51H36N2/c1-51(2)45-22-12-9-19-38(45)42-31-44-40-21-11-14-24-48(40)53(50(44)32-46(42)51)36-26-27-37(33-15-5-3-6-16-33)41(30-36)34-25-28-49-43(29-34)39-20-10-13-23-47(39)52(49)35-17-7-4-8-18-35/h3-32H,1-2H3. The Morgan fingerprint density at radius 2 is 0.925 bits per heavy atom. The van der Waals surface area contributed by atoms with Crippen LogP contribution >= 0.6 is 0 Å². The van der Waals surface area contributed by atoms with Crippen LogP contribution in [0.25, 0.3) is 88.4 Å². The van der Waals surface area contributed by atoms with Crippen LogP contribution in [0.3, 0.4) is 0 Å². The van der Waals surface area contributed by atoms with Gasteiger partial charge in [0.2, 0.25) is 0 Å². The van der Waals surface area contributed by atoms with Crippen LogP contribution in [-0.4, -0.2) is 9.13 Å². The van der Waals surface area contributed by atoms with Crippen LogP contribution in [0.1, 0.15) is 25.0 Å². The predicted octanol–water partition coefficient (Wildman–Crippen LogP) is 13.5. The summed E-state index contributed by atoms with van der Waals surface area (Å²) in [4.78, 5) is 0. The summed E-state index contributed by atoms with van der Waals surface area (Å²) in [5.41, 5.74) is 17.5. The normalized spacial score (nSPS) is 13.2. The maximum atomic E-state index is 2.49. The average molecular weight is 677 g/mol. The minimum absolute atomic E-state index is 0.0852. The lowest BCUT2D eigenvalue weighted by atomic mass is 9.82. The van der Waals surface area contributed by atoms with Crippen molar-refractivity contribution >= 4 is 43.6 Å². The number of benzene rings is 8. The summed E-state index contributed by atoms with van der Waals surface area (Å²) < 4.78 is 4.88. The first-order chi connectivity index (χ1) is 26.1. The summed E-state index contributed by atoms with van der Waals surface area (Å²) in [6, 6.07) is 67.1. The van der Waals surface area contributed by atoms with E-state index in [1.807, 2.05) is 0 Å². The van der Waals surface area contributed by atoms with Crippen molar-refractivity contribution in [3.63, 3.8) is 0 Å². The Bertz CT molecular complexity index is 3070. The van der Waals surface area contributed by atoms with Crippen LogP contribution < -0.4 is 0 Å². The van der Waals surface area contributed by atoms with Gasteiger partial charge in [0.1, 0.15) is 0 Å². The quantitative estimate of drug-likeness (QED) is 0.176. The van der Waals surface area contributed by atoms with Crippen molar-refractivity contribution in [2.24, 2.45) is 0 Å². The minimum atomic E-state index is -0.0852. The van der Waals surface area contributed by atoms with E-state index in [2.05, 4.69) is 205 Å². The van der Waals surface area contributed by atoms with Crippen molar-refractivity contribution < 1.29 is 0 Å². The van der Waals surface area contributed by atoms with Gasteiger partial charge in [-0.05, 0) is 105 Å². The molecule has 2 nitrogen and oxygen atoms in total. The van der Waals surface area contributed by atoms with Crippen molar-refractivity contribution in [1.82, 2.24) is 9.13 Å². The molecule has 0 unspecified atom stereocenters. The van der Waals surface area contributed by atoms with Crippen molar-refractivity contribution in [2.45, 2.75) is 19.3 Å². The zero-order chi connectivity index (χ0) is 35.3. The van der Waals surface area contributed by atoms with E-state index in [1.54, 1.807) is 0 Å². The molecule has 0 fully saturated rings. The topological polar surface area (TPSA) is 9.86 Å². The Hall–Kier alpha value is -6.64. The van der Waals surface area contributed by atoms with Crippen molar-refractivity contribution in [3.8, 4) is 44.8 Å². The molecule has 1 aliphatic rings. The third kappa shape index (κ3) is 4.33. The average Bonchev–Trinajstić information content (AvgIpc) is 3.80. The number of nitrogens with zero attached hydrogens (tertiary/aromatic N) is 2. The summed E-state index contributed by atoms with van der Waals surface area (Å²) in [6.45, 7) is 4.74. The fourth-order valence-corrected chi connectivity index (χ4v) is 9.22. The number of rotatable bonds is 4. The van der Waals surface area contributed by atoms with Gasteiger partial charge in [-0.1, -0.05) is 135 Å². The maximum absolute atomic E-state index is 2.49. The lowest BCUT2D eigenvalue weighted by Gasteiger charge is -2.22. The Morgan fingerprint density at radius 3 is 1.68 bits per heavy atom. The minimum Gasteiger partial charge on any atom is -0.309 e. The molecule has 2 heteroatoms. The van der Waals surface area contributed by atoms with Gasteiger partial charge in [-0.3, -0.25) is 0 Å². The highest BCUT2D eigenvalue weighted by Crippen LogP contribution is 2.51. The lowest BCUT2D eigenvalue weighted by molar-refractivity contribution is 0.661. The van der Waals surface area contributed by atoms with E-state index >= 15 is 0 Å². The van der Waals surface area contributed by atoms with Crippen LogP contribution in [0, 0.1) is 0 Å². The summed E-state index contributed by atoms with van der Waals surface area (Å²) in [6.07, 6.45) is 0. The molecular weight excluding hydrogens is 641 g/mol. The van der Waals surface area contributed by atoms with Gasteiger partial charge in [0.25, 0.3) is 0 Å². The number of fused-ring (bicyclic) bond motifs is 9. The Labute approximate surface area is 308 Å². The van der Waals surface area contributed by atoms with Crippen LogP contribution in [0.4, 0.5) is 0 Å². The highest BCUT2D eigenvalue weighted by molar-refractivity contribution is 6.13. The summed E-state index contributed by atoms with van der Waals surface area (Å²) in [5, 5.41) is 5.07. The molecule has 250 valence electrons. The molecule has 0 saturated heterocycles. The second-order valence-electron chi connectivity index (χ2n) is 15.0. The molecule has 0 spiro atoms. The molecule has 0 bridgehead atoms. The zero-order valence-corrected chi connectivity index (χ0v) is 29.7. The van der Waals surface area contributed by atoms with Gasteiger partial charge in [0.15, 0.2) is 0 Å². The molecule has 2 aromatic heterocycles. The van der Waals surface area contributed by atoms with Crippen molar-refractivity contribution in [1.29, 1.82) is 0 Å². The van der Waals surface area contributed by atoms with E-state index in [1.165, 1.54) is 93.8 Å².